The van der Waals surface area contributed by atoms with E-state index in [2.05, 4.69) is 42.7 Å². The van der Waals surface area contributed by atoms with Gasteiger partial charge in [-0.05, 0) is 25.1 Å². The summed E-state index contributed by atoms with van der Waals surface area (Å²) in [4.78, 5) is 27.0. The second-order valence-corrected chi connectivity index (χ2v) is 11.0. The van der Waals surface area contributed by atoms with Crippen molar-refractivity contribution in [3.05, 3.63) is 46.1 Å². The number of carbonyl (C=O) groups is 1. The van der Waals surface area contributed by atoms with E-state index < -0.39 is 6.23 Å². The fraction of sp³-hybridized carbons (Fsp3) is 0.464. The zero-order valence-electron chi connectivity index (χ0n) is 23.6. The molecule has 4 rings (SSSR count). The van der Waals surface area contributed by atoms with Crippen LogP contribution in [0, 0.1) is 5.92 Å². The molecule has 0 saturated carbocycles. The second-order valence-electron chi connectivity index (χ2n) is 10.2. The van der Waals surface area contributed by atoms with Crippen molar-refractivity contribution in [1.82, 2.24) is 19.8 Å². The Bertz CT molecular complexity index is 1290. The molecule has 3 heterocycles. The van der Waals surface area contributed by atoms with Gasteiger partial charge in [0.1, 0.15) is 17.3 Å². The van der Waals surface area contributed by atoms with Crippen LogP contribution in [-0.4, -0.2) is 97.0 Å². The lowest BCUT2D eigenvalue weighted by Crippen LogP contribution is -2.64. The number of benzene rings is 1. The van der Waals surface area contributed by atoms with E-state index in [9.17, 15) is 9.90 Å². The largest absolute Gasteiger partial charge is 0.495 e. The summed E-state index contributed by atoms with van der Waals surface area (Å²) in [5.41, 5.74) is 1.58. The summed E-state index contributed by atoms with van der Waals surface area (Å²) in [6.45, 7) is 9.54. The topological polar surface area (TPSA) is 103 Å². The Morgan fingerprint density at radius 3 is 2.42 bits per heavy atom. The van der Waals surface area contributed by atoms with Crippen LogP contribution in [0.25, 0.3) is 11.6 Å². The number of aliphatic hydroxyl groups excluding tert-OH is 1. The number of ether oxygens (including phenoxy) is 2. The van der Waals surface area contributed by atoms with Gasteiger partial charge in [-0.1, -0.05) is 43.6 Å². The van der Waals surface area contributed by atoms with Crippen LogP contribution in [0.3, 0.4) is 0 Å². The molecule has 40 heavy (non-hydrogen) atoms. The van der Waals surface area contributed by atoms with Crippen molar-refractivity contribution < 1.29 is 19.4 Å². The molecule has 0 aliphatic carbocycles. The van der Waals surface area contributed by atoms with Crippen LogP contribution in [0.15, 0.2) is 24.9 Å². The third-order valence-corrected chi connectivity index (χ3v) is 8.39. The van der Waals surface area contributed by atoms with Crippen molar-refractivity contribution in [2.45, 2.75) is 32.2 Å². The summed E-state index contributed by atoms with van der Waals surface area (Å²) < 4.78 is 11.0. The zero-order chi connectivity index (χ0) is 29.3. The molecule has 0 spiro atoms. The van der Waals surface area contributed by atoms with E-state index in [1.807, 2.05) is 4.90 Å². The van der Waals surface area contributed by atoms with E-state index in [1.54, 1.807) is 30.3 Å². The summed E-state index contributed by atoms with van der Waals surface area (Å²) in [5, 5.41) is 15.4. The van der Waals surface area contributed by atoms with E-state index >= 15 is 0 Å². The maximum atomic E-state index is 12.0. The summed E-state index contributed by atoms with van der Waals surface area (Å²) in [6.07, 6.45) is 3.69. The van der Waals surface area contributed by atoms with Gasteiger partial charge in [-0.2, -0.15) is 4.98 Å². The Labute approximate surface area is 245 Å². The molecule has 1 aromatic carbocycles. The Kier molecular flexibility index (Phi) is 9.14. The number of nitrogens with one attached hydrogen (secondary N) is 1. The Morgan fingerprint density at radius 1 is 1.27 bits per heavy atom. The lowest BCUT2D eigenvalue weighted by atomic mass is 9.94. The number of hydrogen-bond donors (Lipinski definition) is 2. The fourth-order valence-corrected chi connectivity index (χ4v) is 5.91. The van der Waals surface area contributed by atoms with Crippen molar-refractivity contribution in [3.8, 4) is 11.5 Å². The molecule has 0 bridgehead atoms. The van der Waals surface area contributed by atoms with E-state index in [4.69, 9.17) is 37.7 Å². The van der Waals surface area contributed by atoms with Gasteiger partial charge < -0.3 is 29.7 Å². The number of halogens is 2. The number of fused-ring (bicyclic) bond motifs is 1. The SMILES string of the molecule is C=CC(=O)N1CC(N(C)[C@H](CN2c3nc(NC)ncc3C=C(c3c(Cl)c(OC)cc(OC)c3Cl)C2O)C(C)C)C1. The molecule has 1 aromatic heterocycles. The maximum absolute atomic E-state index is 12.0. The van der Waals surface area contributed by atoms with E-state index in [-0.39, 0.29) is 34.0 Å². The van der Waals surface area contributed by atoms with Gasteiger partial charge in [0, 0.05) is 67.7 Å². The minimum Gasteiger partial charge on any atom is -0.495 e. The van der Waals surface area contributed by atoms with Gasteiger partial charge in [0.15, 0.2) is 6.23 Å². The van der Waals surface area contributed by atoms with E-state index in [1.165, 1.54) is 20.3 Å². The van der Waals surface area contributed by atoms with Gasteiger partial charge >= 0.3 is 0 Å². The molecule has 2 aliphatic rings. The Morgan fingerprint density at radius 2 is 1.90 bits per heavy atom. The number of methoxy groups -OCH3 is 2. The second kappa shape index (κ2) is 12.2. The van der Waals surface area contributed by atoms with Crippen molar-refractivity contribution >= 4 is 52.5 Å². The minimum atomic E-state index is -1.14. The molecule has 2 aliphatic heterocycles. The monoisotopic (exact) mass is 590 g/mol. The molecule has 2 N–H and O–H groups in total. The quantitative estimate of drug-likeness (QED) is 0.399. The van der Waals surface area contributed by atoms with Gasteiger partial charge in [0.25, 0.3) is 0 Å². The Hall–Kier alpha value is -3.05. The fourth-order valence-electron chi connectivity index (χ4n) is 5.19. The molecule has 1 fully saturated rings. The van der Waals surface area contributed by atoms with Crippen LogP contribution in [-0.2, 0) is 4.79 Å². The van der Waals surface area contributed by atoms with Crippen LogP contribution >= 0.6 is 23.2 Å². The molecular formula is C28H36Cl2N6O4. The van der Waals surface area contributed by atoms with Gasteiger partial charge in [-0.3, -0.25) is 9.69 Å². The first-order chi connectivity index (χ1) is 19.1. The molecule has 216 valence electrons. The van der Waals surface area contributed by atoms with Crippen LogP contribution in [0.2, 0.25) is 10.0 Å². The van der Waals surface area contributed by atoms with Crippen molar-refractivity contribution in [3.63, 3.8) is 0 Å². The van der Waals surface area contributed by atoms with Crippen molar-refractivity contribution in [2.75, 3.05) is 58.2 Å². The van der Waals surface area contributed by atoms with Crippen LogP contribution in [0.1, 0.15) is 25.0 Å². The standard InChI is InChI=1S/C28H36Cl2N6O4/c1-8-22(37)35-12-17(13-35)34(5)19(15(2)3)14-36-26-16(11-32-28(31-4)33-26)9-18(27(36)38)23-24(29)20(39-6)10-21(40-7)25(23)30/h8-11,15,17,19,27,38H,1,12-14H2,2-7H3,(H,31,32,33)/t19-,27?/m1/s1. The van der Waals surface area contributed by atoms with Crippen LogP contribution in [0.4, 0.5) is 11.8 Å². The molecule has 1 amide bonds. The molecule has 12 heteroatoms. The predicted molar refractivity (Wildman–Crippen MR) is 159 cm³/mol. The number of carbonyl (C=O) groups excluding carboxylic acids is 1. The van der Waals surface area contributed by atoms with E-state index in [0.29, 0.717) is 59.6 Å². The smallest absolute Gasteiger partial charge is 0.246 e. The van der Waals surface area contributed by atoms with Crippen LogP contribution in [0.5, 0.6) is 11.5 Å². The molecule has 1 saturated heterocycles. The highest BCUT2D eigenvalue weighted by Crippen LogP contribution is 2.47. The third kappa shape index (κ3) is 5.45. The number of rotatable bonds is 10. The number of hydrogen-bond acceptors (Lipinski definition) is 9. The van der Waals surface area contributed by atoms with Gasteiger partial charge in [-0.25, -0.2) is 4.98 Å². The lowest BCUT2D eigenvalue weighted by Gasteiger charge is -2.49. The van der Waals surface area contributed by atoms with E-state index in [0.717, 1.165) is 0 Å². The van der Waals surface area contributed by atoms with Crippen molar-refractivity contribution in [1.29, 1.82) is 0 Å². The van der Waals surface area contributed by atoms with Gasteiger partial charge in [-0.15, -0.1) is 0 Å². The molecule has 0 radical (unpaired) electrons. The summed E-state index contributed by atoms with van der Waals surface area (Å²) >= 11 is 13.5. The summed E-state index contributed by atoms with van der Waals surface area (Å²) in [5.74, 6) is 1.89. The minimum absolute atomic E-state index is 0.00613. The number of aromatic nitrogens is 2. The third-order valence-electron chi connectivity index (χ3n) is 7.64. The lowest BCUT2D eigenvalue weighted by molar-refractivity contribution is -0.133. The van der Waals surface area contributed by atoms with Crippen LogP contribution < -0.4 is 19.7 Å². The normalized spacial score (nSPS) is 17.8. The number of aliphatic hydroxyl groups is 1. The van der Waals surface area contributed by atoms with Crippen molar-refractivity contribution in [2.24, 2.45) is 5.92 Å². The summed E-state index contributed by atoms with van der Waals surface area (Å²) in [6, 6.07) is 1.80. The van der Waals surface area contributed by atoms with Gasteiger partial charge in [0.05, 0.1) is 24.3 Å². The molecular weight excluding hydrogens is 555 g/mol. The molecule has 2 aromatic rings. The molecule has 1 unspecified atom stereocenters. The number of nitrogens with zero attached hydrogens (tertiary/aromatic N) is 5. The predicted octanol–water partition coefficient (Wildman–Crippen LogP) is 3.87. The average Bonchev–Trinajstić information content (AvgIpc) is 2.91. The molecule has 10 nitrogen and oxygen atoms in total. The first-order valence-corrected chi connectivity index (χ1v) is 13.8. The number of likely N-dealkylation sites (tertiary alicyclic amines) is 1. The molecule has 2 atom stereocenters. The van der Waals surface area contributed by atoms with Gasteiger partial charge in [0.2, 0.25) is 11.9 Å². The summed E-state index contributed by atoms with van der Waals surface area (Å²) in [7, 11) is 6.81. The highest BCUT2D eigenvalue weighted by molar-refractivity contribution is 6.40. The number of amides is 1. The number of anilines is 2. The average molecular weight is 592 g/mol. The first kappa shape index (κ1) is 29.9. The first-order valence-electron chi connectivity index (χ1n) is 13.0. The zero-order valence-corrected chi connectivity index (χ0v) is 25.1. The highest BCUT2D eigenvalue weighted by Gasteiger charge is 2.39. The highest BCUT2D eigenvalue weighted by atomic mass is 35.5. The Balaban J connectivity index is 1.76. The maximum Gasteiger partial charge on any atom is 0.246 e. The number of likely N-dealkylation sites (N-methyl/N-ethyl adjacent to an activating group) is 1.